The summed E-state index contributed by atoms with van der Waals surface area (Å²) in [6.45, 7) is 1.04. The number of carbonyl (C=O) groups is 2. The molecular formula is C19H22N6O3. The number of nitrogens with one attached hydrogen (secondary N) is 1. The molecule has 146 valence electrons. The molecule has 1 N–H and O–H groups in total. The quantitative estimate of drug-likeness (QED) is 0.836. The van der Waals surface area contributed by atoms with Crippen molar-refractivity contribution < 1.29 is 14.3 Å². The van der Waals surface area contributed by atoms with Crippen LogP contribution in [-0.4, -0.2) is 44.7 Å². The van der Waals surface area contributed by atoms with Crippen molar-refractivity contribution in [1.82, 2.24) is 25.1 Å². The van der Waals surface area contributed by atoms with Crippen molar-refractivity contribution >= 4 is 17.6 Å². The summed E-state index contributed by atoms with van der Waals surface area (Å²) >= 11 is 0. The van der Waals surface area contributed by atoms with E-state index in [4.69, 9.17) is 4.74 Å². The molecule has 1 atom stereocenters. The van der Waals surface area contributed by atoms with E-state index < -0.39 is 11.9 Å². The molecule has 28 heavy (non-hydrogen) atoms. The third kappa shape index (κ3) is 2.61. The summed E-state index contributed by atoms with van der Waals surface area (Å²) in [6.07, 6.45) is 7.86. The average Bonchev–Trinajstić information content (AvgIpc) is 3.44. The molecule has 0 radical (unpaired) electrons. The first-order valence-electron chi connectivity index (χ1n) is 9.68. The lowest BCUT2D eigenvalue weighted by Crippen LogP contribution is -2.47. The summed E-state index contributed by atoms with van der Waals surface area (Å²) in [5.41, 5.74) is 1.43. The van der Waals surface area contributed by atoms with E-state index in [-0.39, 0.29) is 17.3 Å². The molecule has 0 saturated heterocycles. The van der Waals surface area contributed by atoms with Crippen molar-refractivity contribution in [3.8, 4) is 0 Å². The predicted molar refractivity (Wildman–Crippen MR) is 98.5 cm³/mol. The van der Waals surface area contributed by atoms with Crippen molar-refractivity contribution in [1.29, 1.82) is 0 Å². The average molecular weight is 382 g/mol. The number of hydrogen-bond donors (Lipinski definition) is 1. The van der Waals surface area contributed by atoms with Gasteiger partial charge in [0.1, 0.15) is 17.5 Å². The van der Waals surface area contributed by atoms with E-state index in [1.54, 1.807) is 30.2 Å². The molecule has 1 spiro atoms. The van der Waals surface area contributed by atoms with Crippen LogP contribution in [0.15, 0.2) is 18.5 Å². The van der Waals surface area contributed by atoms with E-state index in [9.17, 15) is 9.59 Å². The zero-order valence-corrected chi connectivity index (χ0v) is 15.7. The van der Waals surface area contributed by atoms with Crippen LogP contribution in [0.25, 0.3) is 0 Å². The number of carbonyl (C=O) groups excluding carboxylic acids is 2. The summed E-state index contributed by atoms with van der Waals surface area (Å²) in [4.78, 5) is 35.9. The van der Waals surface area contributed by atoms with E-state index in [1.807, 2.05) is 0 Å². The molecule has 1 aliphatic carbocycles. The van der Waals surface area contributed by atoms with Gasteiger partial charge < -0.3 is 10.1 Å². The molecule has 1 fully saturated rings. The standard InChI is InChI=1S/C19H22N6O3/c1-24-14-4-8-21-25(14)9-5-13(18(24)27)22-17(26)16-20-10-12-11-28-19(15(12)23-16)6-2-3-7-19/h4,8,10,13H,2-3,5-7,9,11H2,1H3,(H,22,26). The Labute approximate surface area is 162 Å². The summed E-state index contributed by atoms with van der Waals surface area (Å²) in [6, 6.07) is 1.14. The third-order valence-corrected chi connectivity index (χ3v) is 6.02. The van der Waals surface area contributed by atoms with Gasteiger partial charge in [-0.3, -0.25) is 14.5 Å². The highest BCUT2D eigenvalue weighted by Crippen LogP contribution is 2.46. The summed E-state index contributed by atoms with van der Waals surface area (Å²) in [5, 5.41) is 7.04. The molecule has 1 unspecified atom stereocenters. The van der Waals surface area contributed by atoms with Gasteiger partial charge in [0.05, 0.1) is 18.5 Å². The molecule has 2 aromatic rings. The number of likely N-dealkylation sites (N-methyl/N-ethyl adjacent to an activating group) is 1. The third-order valence-electron chi connectivity index (χ3n) is 6.02. The maximum atomic E-state index is 12.8. The number of ether oxygens (including phenoxy) is 1. The number of aromatic nitrogens is 4. The number of fused-ring (bicyclic) bond motifs is 3. The second kappa shape index (κ2) is 6.37. The molecule has 9 heteroatoms. The number of nitrogens with zero attached hydrogens (tertiary/aromatic N) is 5. The number of amides is 2. The summed E-state index contributed by atoms with van der Waals surface area (Å²) in [5.74, 6) is 0.197. The highest BCUT2D eigenvalue weighted by atomic mass is 16.5. The minimum atomic E-state index is -0.646. The first-order chi connectivity index (χ1) is 13.6. The summed E-state index contributed by atoms with van der Waals surface area (Å²) < 4.78 is 7.79. The SMILES string of the molecule is CN1C(=O)C(NC(=O)c2ncc3c(n2)C2(CCCC2)OC3)CCn2nccc21. The number of anilines is 1. The first kappa shape index (κ1) is 17.3. The van der Waals surface area contributed by atoms with Crippen LogP contribution in [0.5, 0.6) is 0 Å². The van der Waals surface area contributed by atoms with Gasteiger partial charge in [0.15, 0.2) is 0 Å². The van der Waals surface area contributed by atoms with E-state index in [0.29, 0.717) is 19.6 Å². The second-order valence-corrected chi connectivity index (χ2v) is 7.68. The first-order valence-corrected chi connectivity index (χ1v) is 9.68. The minimum Gasteiger partial charge on any atom is -0.364 e. The minimum absolute atomic E-state index is 0.0907. The molecule has 3 aliphatic rings. The van der Waals surface area contributed by atoms with Crippen LogP contribution in [-0.2, 0) is 28.3 Å². The van der Waals surface area contributed by atoms with Crippen molar-refractivity contribution in [2.45, 2.75) is 56.9 Å². The number of aryl methyl sites for hydroxylation is 1. The van der Waals surface area contributed by atoms with Gasteiger partial charge >= 0.3 is 0 Å². The molecule has 5 rings (SSSR count). The Bertz CT molecular complexity index is 949. The van der Waals surface area contributed by atoms with Crippen LogP contribution in [0.3, 0.4) is 0 Å². The topological polar surface area (TPSA) is 102 Å². The van der Waals surface area contributed by atoms with Crippen molar-refractivity contribution in [3.05, 3.63) is 35.5 Å². The Kier molecular flexibility index (Phi) is 3.94. The second-order valence-electron chi connectivity index (χ2n) is 7.68. The molecule has 2 aromatic heterocycles. The monoisotopic (exact) mass is 382 g/mol. The fraction of sp³-hybridized carbons (Fsp3) is 0.526. The van der Waals surface area contributed by atoms with Gasteiger partial charge in [-0.25, -0.2) is 14.6 Å². The van der Waals surface area contributed by atoms with Crippen molar-refractivity contribution in [3.63, 3.8) is 0 Å². The van der Waals surface area contributed by atoms with Gasteiger partial charge in [0.2, 0.25) is 5.82 Å². The number of rotatable bonds is 2. The predicted octanol–water partition coefficient (Wildman–Crippen LogP) is 1.14. The molecular weight excluding hydrogens is 360 g/mol. The Balaban J connectivity index is 1.37. The van der Waals surface area contributed by atoms with Crippen molar-refractivity contribution in [2.75, 3.05) is 11.9 Å². The van der Waals surface area contributed by atoms with Gasteiger partial charge in [-0.2, -0.15) is 5.10 Å². The molecule has 0 bridgehead atoms. The van der Waals surface area contributed by atoms with Crippen LogP contribution < -0.4 is 10.2 Å². The zero-order chi connectivity index (χ0) is 19.3. The van der Waals surface area contributed by atoms with Crippen LogP contribution in [0.1, 0.15) is 54.0 Å². The van der Waals surface area contributed by atoms with Crippen molar-refractivity contribution in [2.24, 2.45) is 0 Å². The largest absolute Gasteiger partial charge is 0.364 e. The van der Waals surface area contributed by atoms with Gasteiger partial charge in [-0.1, -0.05) is 12.8 Å². The molecule has 0 aromatic carbocycles. The molecule has 2 amide bonds. The summed E-state index contributed by atoms with van der Waals surface area (Å²) in [7, 11) is 1.69. The van der Waals surface area contributed by atoms with Gasteiger partial charge in [0.25, 0.3) is 11.8 Å². The van der Waals surface area contributed by atoms with Crippen LogP contribution in [0, 0.1) is 0 Å². The maximum absolute atomic E-state index is 12.8. The van der Waals surface area contributed by atoms with Crippen LogP contribution in [0.2, 0.25) is 0 Å². The Morgan fingerprint density at radius 1 is 1.36 bits per heavy atom. The lowest BCUT2D eigenvalue weighted by atomic mass is 9.97. The molecule has 4 heterocycles. The van der Waals surface area contributed by atoms with Crippen LogP contribution in [0.4, 0.5) is 5.82 Å². The Morgan fingerprint density at radius 2 is 2.18 bits per heavy atom. The van der Waals surface area contributed by atoms with E-state index in [0.717, 1.165) is 42.8 Å². The Morgan fingerprint density at radius 3 is 3.00 bits per heavy atom. The smallest absolute Gasteiger partial charge is 0.289 e. The number of hydrogen-bond acceptors (Lipinski definition) is 6. The molecule has 9 nitrogen and oxygen atoms in total. The van der Waals surface area contributed by atoms with Crippen LogP contribution >= 0.6 is 0 Å². The fourth-order valence-corrected chi connectivity index (χ4v) is 4.49. The fourth-order valence-electron chi connectivity index (χ4n) is 4.49. The van der Waals surface area contributed by atoms with Gasteiger partial charge in [-0.05, 0) is 19.3 Å². The normalized spacial score (nSPS) is 22.8. The van der Waals surface area contributed by atoms with E-state index in [1.165, 1.54) is 4.90 Å². The molecule has 1 saturated carbocycles. The highest BCUT2D eigenvalue weighted by Gasteiger charge is 2.44. The van der Waals surface area contributed by atoms with Gasteiger partial charge in [-0.15, -0.1) is 0 Å². The van der Waals surface area contributed by atoms with Gasteiger partial charge in [0, 0.05) is 31.4 Å². The van der Waals surface area contributed by atoms with E-state index in [2.05, 4.69) is 20.4 Å². The Hall–Kier alpha value is -2.81. The van der Waals surface area contributed by atoms with E-state index >= 15 is 0 Å². The highest BCUT2D eigenvalue weighted by molar-refractivity contribution is 6.00. The lowest BCUT2D eigenvalue weighted by Gasteiger charge is -2.23. The lowest BCUT2D eigenvalue weighted by molar-refractivity contribution is -0.120. The maximum Gasteiger partial charge on any atom is 0.289 e. The molecule has 2 aliphatic heterocycles. The zero-order valence-electron chi connectivity index (χ0n) is 15.7.